The van der Waals surface area contributed by atoms with Crippen LogP contribution in [0, 0.1) is 0 Å². The van der Waals surface area contributed by atoms with Crippen LogP contribution in [0.15, 0.2) is 48.5 Å². The SMILES string of the molecule is O=C(c1ccc(Cl)cc1)N1CCN(C(=O)c2cccc(CN3CCOCC3)c2)CC1. The van der Waals surface area contributed by atoms with Gasteiger partial charge in [0.25, 0.3) is 11.8 Å². The van der Waals surface area contributed by atoms with E-state index in [9.17, 15) is 9.59 Å². The highest BCUT2D eigenvalue weighted by Crippen LogP contribution is 2.16. The Balaban J connectivity index is 1.34. The van der Waals surface area contributed by atoms with E-state index in [1.807, 2.05) is 23.1 Å². The number of halogens is 1. The molecule has 158 valence electrons. The number of benzene rings is 2. The second-order valence-electron chi connectivity index (χ2n) is 7.68. The van der Waals surface area contributed by atoms with Gasteiger partial charge in [-0.1, -0.05) is 23.7 Å². The number of piperazine rings is 1. The summed E-state index contributed by atoms with van der Waals surface area (Å²) in [4.78, 5) is 31.6. The third-order valence-electron chi connectivity index (χ3n) is 5.63. The first-order valence-corrected chi connectivity index (χ1v) is 10.7. The first-order chi connectivity index (χ1) is 14.6. The fraction of sp³-hybridized carbons (Fsp3) is 0.391. The zero-order chi connectivity index (χ0) is 20.9. The maximum atomic E-state index is 13.0. The third kappa shape index (κ3) is 5.01. The maximum Gasteiger partial charge on any atom is 0.253 e. The van der Waals surface area contributed by atoms with Crippen LogP contribution in [-0.2, 0) is 11.3 Å². The molecular formula is C23H26ClN3O3. The molecule has 0 bridgehead atoms. The largest absolute Gasteiger partial charge is 0.379 e. The number of rotatable bonds is 4. The van der Waals surface area contributed by atoms with E-state index in [-0.39, 0.29) is 11.8 Å². The Morgan fingerprint density at radius 3 is 2.03 bits per heavy atom. The van der Waals surface area contributed by atoms with Crippen molar-refractivity contribution in [3.63, 3.8) is 0 Å². The van der Waals surface area contributed by atoms with Crippen molar-refractivity contribution in [3.8, 4) is 0 Å². The molecule has 2 aromatic rings. The number of hydrogen-bond acceptors (Lipinski definition) is 4. The van der Waals surface area contributed by atoms with E-state index in [0.717, 1.165) is 38.4 Å². The summed E-state index contributed by atoms with van der Waals surface area (Å²) in [6.07, 6.45) is 0. The van der Waals surface area contributed by atoms with E-state index in [0.29, 0.717) is 42.3 Å². The van der Waals surface area contributed by atoms with Gasteiger partial charge in [0.2, 0.25) is 0 Å². The van der Waals surface area contributed by atoms with Crippen molar-refractivity contribution in [1.82, 2.24) is 14.7 Å². The van der Waals surface area contributed by atoms with Crippen LogP contribution in [0.3, 0.4) is 0 Å². The van der Waals surface area contributed by atoms with Gasteiger partial charge in [-0.25, -0.2) is 0 Å². The number of carbonyl (C=O) groups is 2. The number of amides is 2. The topological polar surface area (TPSA) is 53.1 Å². The van der Waals surface area contributed by atoms with Gasteiger partial charge < -0.3 is 14.5 Å². The van der Waals surface area contributed by atoms with E-state index in [1.54, 1.807) is 29.2 Å². The number of morpholine rings is 1. The number of hydrogen-bond donors (Lipinski definition) is 0. The molecule has 2 amide bonds. The van der Waals surface area contributed by atoms with Gasteiger partial charge in [0.05, 0.1) is 13.2 Å². The Morgan fingerprint density at radius 2 is 1.40 bits per heavy atom. The average molecular weight is 428 g/mol. The van der Waals surface area contributed by atoms with Gasteiger partial charge in [-0.05, 0) is 42.0 Å². The molecule has 4 rings (SSSR count). The molecule has 0 aromatic heterocycles. The highest BCUT2D eigenvalue weighted by atomic mass is 35.5. The summed E-state index contributed by atoms with van der Waals surface area (Å²) in [7, 11) is 0. The molecule has 7 heteroatoms. The lowest BCUT2D eigenvalue weighted by Crippen LogP contribution is -2.50. The molecule has 6 nitrogen and oxygen atoms in total. The van der Waals surface area contributed by atoms with Crippen molar-refractivity contribution < 1.29 is 14.3 Å². The van der Waals surface area contributed by atoms with Crippen LogP contribution in [0.4, 0.5) is 0 Å². The normalized spacial score (nSPS) is 17.8. The van der Waals surface area contributed by atoms with Gasteiger partial charge >= 0.3 is 0 Å². The zero-order valence-corrected chi connectivity index (χ0v) is 17.7. The molecular weight excluding hydrogens is 402 g/mol. The number of carbonyl (C=O) groups excluding carboxylic acids is 2. The van der Waals surface area contributed by atoms with Crippen molar-refractivity contribution in [2.24, 2.45) is 0 Å². The minimum Gasteiger partial charge on any atom is -0.379 e. The van der Waals surface area contributed by atoms with Crippen LogP contribution >= 0.6 is 11.6 Å². The van der Waals surface area contributed by atoms with Crippen molar-refractivity contribution >= 4 is 23.4 Å². The summed E-state index contributed by atoms with van der Waals surface area (Å²) in [6, 6.07) is 14.8. The fourth-order valence-corrected chi connectivity index (χ4v) is 4.02. The summed E-state index contributed by atoms with van der Waals surface area (Å²) < 4.78 is 5.40. The molecule has 0 N–H and O–H groups in total. The van der Waals surface area contributed by atoms with Gasteiger partial charge in [-0.2, -0.15) is 0 Å². The van der Waals surface area contributed by atoms with Gasteiger partial charge in [0.15, 0.2) is 0 Å². The Hall–Kier alpha value is -2.41. The van der Waals surface area contributed by atoms with Gasteiger partial charge in [0, 0.05) is 62.0 Å². The van der Waals surface area contributed by atoms with Crippen molar-refractivity contribution in [2.45, 2.75) is 6.54 Å². The smallest absolute Gasteiger partial charge is 0.253 e. The number of nitrogens with zero attached hydrogens (tertiary/aromatic N) is 3. The minimum absolute atomic E-state index is 0.0220. The quantitative estimate of drug-likeness (QED) is 0.753. The molecule has 2 aliphatic rings. The molecule has 0 saturated carbocycles. The van der Waals surface area contributed by atoms with Crippen LogP contribution in [-0.4, -0.2) is 79.0 Å². The van der Waals surface area contributed by atoms with Gasteiger partial charge in [-0.15, -0.1) is 0 Å². The number of ether oxygens (including phenoxy) is 1. The molecule has 2 heterocycles. The summed E-state index contributed by atoms with van der Waals surface area (Å²) >= 11 is 5.90. The third-order valence-corrected chi connectivity index (χ3v) is 5.88. The van der Waals surface area contributed by atoms with Crippen molar-refractivity contribution in [3.05, 3.63) is 70.2 Å². The van der Waals surface area contributed by atoms with E-state index >= 15 is 0 Å². The second kappa shape index (κ2) is 9.60. The van der Waals surface area contributed by atoms with Gasteiger partial charge in [-0.3, -0.25) is 14.5 Å². The standard InChI is InChI=1S/C23H26ClN3O3/c24-21-6-4-19(5-7-21)22(28)26-8-10-27(11-9-26)23(29)20-3-1-2-18(16-20)17-25-12-14-30-15-13-25/h1-7,16H,8-15,17H2. The van der Waals surface area contributed by atoms with Crippen LogP contribution in [0.25, 0.3) is 0 Å². The zero-order valence-electron chi connectivity index (χ0n) is 16.9. The summed E-state index contributed by atoms with van der Waals surface area (Å²) in [5.41, 5.74) is 2.47. The van der Waals surface area contributed by atoms with Gasteiger partial charge in [0.1, 0.15) is 0 Å². The summed E-state index contributed by atoms with van der Waals surface area (Å²) in [5.74, 6) is 0.00342. The average Bonchev–Trinajstić information content (AvgIpc) is 2.80. The lowest BCUT2D eigenvalue weighted by molar-refractivity contribution is 0.0341. The molecule has 30 heavy (non-hydrogen) atoms. The highest BCUT2D eigenvalue weighted by molar-refractivity contribution is 6.30. The minimum atomic E-state index is -0.0220. The fourth-order valence-electron chi connectivity index (χ4n) is 3.89. The molecule has 2 aliphatic heterocycles. The molecule has 2 fully saturated rings. The van der Waals surface area contributed by atoms with E-state index in [4.69, 9.17) is 16.3 Å². The molecule has 0 unspecified atom stereocenters. The summed E-state index contributed by atoms with van der Waals surface area (Å²) in [5, 5.41) is 0.609. The van der Waals surface area contributed by atoms with Crippen LogP contribution < -0.4 is 0 Å². The molecule has 2 aromatic carbocycles. The molecule has 0 aliphatic carbocycles. The summed E-state index contributed by atoms with van der Waals surface area (Å²) in [6.45, 7) is 6.31. The monoisotopic (exact) mass is 427 g/mol. The first kappa shape index (κ1) is 20.8. The maximum absolute atomic E-state index is 13.0. The molecule has 0 spiro atoms. The van der Waals surface area contributed by atoms with E-state index < -0.39 is 0 Å². The Labute approximate surface area is 182 Å². The van der Waals surface area contributed by atoms with Crippen LogP contribution in [0.1, 0.15) is 26.3 Å². The molecule has 0 radical (unpaired) electrons. The van der Waals surface area contributed by atoms with Crippen molar-refractivity contribution in [1.29, 1.82) is 0 Å². The second-order valence-corrected chi connectivity index (χ2v) is 8.12. The van der Waals surface area contributed by atoms with Crippen LogP contribution in [0.5, 0.6) is 0 Å². The van der Waals surface area contributed by atoms with E-state index in [2.05, 4.69) is 11.0 Å². The lowest BCUT2D eigenvalue weighted by atomic mass is 10.1. The predicted octanol–water partition coefficient (Wildman–Crippen LogP) is 2.77. The Kier molecular flexibility index (Phi) is 6.67. The van der Waals surface area contributed by atoms with E-state index in [1.165, 1.54) is 0 Å². The first-order valence-electron chi connectivity index (χ1n) is 10.3. The highest BCUT2D eigenvalue weighted by Gasteiger charge is 2.25. The Morgan fingerprint density at radius 1 is 0.800 bits per heavy atom. The molecule has 0 atom stereocenters. The molecule has 2 saturated heterocycles. The van der Waals surface area contributed by atoms with Crippen LogP contribution in [0.2, 0.25) is 5.02 Å². The Bertz CT molecular complexity index is 889. The lowest BCUT2D eigenvalue weighted by Gasteiger charge is -2.35. The predicted molar refractivity (Wildman–Crippen MR) is 116 cm³/mol. The van der Waals surface area contributed by atoms with Crippen molar-refractivity contribution in [2.75, 3.05) is 52.5 Å².